The van der Waals surface area contributed by atoms with E-state index in [9.17, 15) is 0 Å². The molecule has 0 fully saturated rings. The van der Waals surface area contributed by atoms with E-state index >= 15 is 0 Å². The highest BCUT2D eigenvalue weighted by atomic mass is 32.1. The molecule has 14 heavy (non-hydrogen) atoms. The number of nitrogen functional groups attached to an aromatic ring is 1. The molecule has 0 heterocycles. The van der Waals surface area contributed by atoms with Crippen LogP contribution in [0.1, 0.15) is 23.1 Å². The standard InChI is InChI=1S/C12H15NS/c1-9-8-12(13)10(2)7-11(9)5-3-4-6-14/h7-8,14H,4,6,13H2,1-2H3. The summed E-state index contributed by atoms with van der Waals surface area (Å²) in [4.78, 5) is 0. The minimum Gasteiger partial charge on any atom is -0.399 e. The first-order chi connectivity index (χ1) is 6.65. The Labute approximate surface area is 91.1 Å². The molecule has 0 unspecified atom stereocenters. The molecule has 0 amide bonds. The largest absolute Gasteiger partial charge is 0.399 e. The van der Waals surface area contributed by atoms with Crippen LogP contribution in [-0.2, 0) is 0 Å². The zero-order valence-electron chi connectivity index (χ0n) is 8.59. The molecule has 0 spiro atoms. The second-order valence-electron chi connectivity index (χ2n) is 3.30. The predicted octanol–water partition coefficient (Wildman–Crippen LogP) is 2.56. The Morgan fingerprint density at radius 1 is 1.29 bits per heavy atom. The van der Waals surface area contributed by atoms with E-state index in [1.165, 1.54) is 0 Å². The molecule has 0 saturated carbocycles. The third-order valence-electron chi connectivity index (χ3n) is 2.07. The zero-order chi connectivity index (χ0) is 10.6. The van der Waals surface area contributed by atoms with Crippen molar-refractivity contribution in [1.82, 2.24) is 0 Å². The molecule has 0 aliphatic heterocycles. The van der Waals surface area contributed by atoms with Gasteiger partial charge in [-0.05, 0) is 37.1 Å². The molecule has 1 nitrogen and oxygen atoms in total. The van der Waals surface area contributed by atoms with E-state index in [1.807, 2.05) is 26.0 Å². The summed E-state index contributed by atoms with van der Waals surface area (Å²) in [6, 6.07) is 4.01. The molecule has 0 radical (unpaired) electrons. The van der Waals surface area contributed by atoms with Gasteiger partial charge in [-0.3, -0.25) is 0 Å². The number of aryl methyl sites for hydroxylation is 2. The van der Waals surface area contributed by atoms with Gasteiger partial charge in [-0.25, -0.2) is 0 Å². The van der Waals surface area contributed by atoms with Crippen LogP contribution in [0.3, 0.4) is 0 Å². The van der Waals surface area contributed by atoms with Crippen molar-refractivity contribution in [3.8, 4) is 11.8 Å². The van der Waals surface area contributed by atoms with Gasteiger partial charge in [0.15, 0.2) is 0 Å². The van der Waals surface area contributed by atoms with Crippen molar-refractivity contribution in [2.75, 3.05) is 11.5 Å². The smallest absolute Gasteiger partial charge is 0.0347 e. The van der Waals surface area contributed by atoms with Crippen LogP contribution >= 0.6 is 12.6 Å². The lowest BCUT2D eigenvalue weighted by Gasteiger charge is -2.03. The SMILES string of the molecule is Cc1cc(C#CCCS)c(C)cc1N. The Balaban J connectivity index is 3.00. The number of anilines is 1. The lowest BCUT2D eigenvalue weighted by molar-refractivity contribution is 1.30. The molecule has 1 rings (SSSR count). The van der Waals surface area contributed by atoms with Crippen molar-refractivity contribution in [1.29, 1.82) is 0 Å². The normalized spacial score (nSPS) is 9.36. The summed E-state index contributed by atoms with van der Waals surface area (Å²) in [7, 11) is 0. The van der Waals surface area contributed by atoms with E-state index < -0.39 is 0 Å². The monoisotopic (exact) mass is 205 g/mol. The predicted molar refractivity (Wildman–Crippen MR) is 65.7 cm³/mol. The molecular formula is C12H15NS. The van der Waals surface area contributed by atoms with Gasteiger partial charge in [0.2, 0.25) is 0 Å². The van der Waals surface area contributed by atoms with Crippen molar-refractivity contribution < 1.29 is 0 Å². The number of thiol groups is 1. The van der Waals surface area contributed by atoms with Crippen molar-refractivity contribution in [3.63, 3.8) is 0 Å². The van der Waals surface area contributed by atoms with Gasteiger partial charge < -0.3 is 5.73 Å². The van der Waals surface area contributed by atoms with Crippen LogP contribution in [-0.4, -0.2) is 5.75 Å². The fourth-order valence-electron chi connectivity index (χ4n) is 1.19. The second kappa shape index (κ2) is 4.97. The fraction of sp³-hybridized carbons (Fsp3) is 0.333. The summed E-state index contributed by atoms with van der Waals surface area (Å²) in [5.74, 6) is 7.00. The third-order valence-corrected chi connectivity index (χ3v) is 2.30. The van der Waals surface area contributed by atoms with Gasteiger partial charge in [-0.2, -0.15) is 12.6 Å². The van der Waals surface area contributed by atoms with E-state index in [4.69, 9.17) is 5.73 Å². The Morgan fingerprint density at radius 3 is 2.64 bits per heavy atom. The van der Waals surface area contributed by atoms with Gasteiger partial charge in [0, 0.05) is 23.4 Å². The summed E-state index contributed by atoms with van der Waals surface area (Å²) in [6.07, 6.45) is 0.825. The van der Waals surface area contributed by atoms with Crippen LogP contribution in [0.5, 0.6) is 0 Å². The number of benzene rings is 1. The van der Waals surface area contributed by atoms with Crippen LogP contribution in [0.2, 0.25) is 0 Å². The van der Waals surface area contributed by atoms with Gasteiger partial charge in [0.1, 0.15) is 0 Å². The molecule has 74 valence electrons. The highest BCUT2D eigenvalue weighted by molar-refractivity contribution is 7.80. The molecule has 1 aromatic rings. The van der Waals surface area contributed by atoms with E-state index in [0.29, 0.717) is 0 Å². The quantitative estimate of drug-likeness (QED) is 0.411. The maximum atomic E-state index is 5.78. The maximum Gasteiger partial charge on any atom is 0.0347 e. The van der Waals surface area contributed by atoms with Gasteiger partial charge in [-0.15, -0.1) is 0 Å². The fourth-order valence-corrected chi connectivity index (χ4v) is 1.30. The summed E-state index contributed by atoms with van der Waals surface area (Å²) >= 11 is 4.11. The number of hydrogen-bond donors (Lipinski definition) is 2. The van der Waals surface area contributed by atoms with Gasteiger partial charge in [0.25, 0.3) is 0 Å². The van der Waals surface area contributed by atoms with E-state index in [0.717, 1.165) is 34.6 Å². The van der Waals surface area contributed by atoms with Gasteiger partial charge >= 0.3 is 0 Å². The maximum absolute atomic E-state index is 5.78. The zero-order valence-corrected chi connectivity index (χ0v) is 9.49. The van der Waals surface area contributed by atoms with Crippen LogP contribution < -0.4 is 5.73 Å². The summed E-state index contributed by atoms with van der Waals surface area (Å²) in [5.41, 5.74) is 9.91. The first-order valence-corrected chi connectivity index (χ1v) is 5.25. The summed E-state index contributed by atoms with van der Waals surface area (Å²) in [5, 5.41) is 0. The lowest BCUT2D eigenvalue weighted by atomic mass is 10.0. The third kappa shape index (κ3) is 2.71. The molecule has 2 N–H and O–H groups in total. The highest BCUT2D eigenvalue weighted by Crippen LogP contribution is 2.16. The molecule has 0 bridgehead atoms. The average molecular weight is 205 g/mol. The van der Waals surface area contributed by atoms with Crippen molar-refractivity contribution >= 4 is 18.3 Å². The number of hydrogen-bond acceptors (Lipinski definition) is 2. The molecule has 0 aromatic heterocycles. The van der Waals surface area contributed by atoms with Gasteiger partial charge in [0.05, 0.1) is 0 Å². The molecule has 0 saturated heterocycles. The minimum atomic E-state index is 0.806. The molecule has 0 atom stereocenters. The molecule has 0 aliphatic rings. The second-order valence-corrected chi connectivity index (χ2v) is 3.75. The first-order valence-electron chi connectivity index (χ1n) is 4.61. The molecule has 0 aliphatic carbocycles. The molecule has 2 heteroatoms. The Hall–Kier alpha value is -1.07. The van der Waals surface area contributed by atoms with Crippen LogP contribution in [0.15, 0.2) is 12.1 Å². The lowest BCUT2D eigenvalue weighted by Crippen LogP contribution is -1.93. The van der Waals surface area contributed by atoms with E-state index in [2.05, 4.69) is 24.5 Å². The van der Waals surface area contributed by atoms with Crippen molar-refractivity contribution in [2.24, 2.45) is 0 Å². The van der Waals surface area contributed by atoms with Crippen molar-refractivity contribution in [2.45, 2.75) is 20.3 Å². The summed E-state index contributed by atoms with van der Waals surface area (Å²) in [6.45, 7) is 4.03. The number of nitrogens with two attached hydrogens (primary N) is 1. The van der Waals surface area contributed by atoms with Crippen LogP contribution in [0.4, 0.5) is 5.69 Å². The first kappa shape index (κ1) is 11.0. The van der Waals surface area contributed by atoms with Crippen LogP contribution in [0, 0.1) is 25.7 Å². The topological polar surface area (TPSA) is 26.0 Å². The highest BCUT2D eigenvalue weighted by Gasteiger charge is 1.98. The van der Waals surface area contributed by atoms with E-state index in [-0.39, 0.29) is 0 Å². The van der Waals surface area contributed by atoms with E-state index in [1.54, 1.807) is 0 Å². The molecular weight excluding hydrogens is 190 g/mol. The van der Waals surface area contributed by atoms with Crippen molar-refractivity contribution in [3.05, 3.63) is 28.8 Å². The Kier molecular flexibility index (Phi) is 3.91. The summed E-state index contributed by atoms with van der Waals surface area (Å²) < 4.78 is 0. The van der Waals surface area contributed by atoms with Gasteiger partial charge in [-0.1, -0.05) is 11.8 Å². The Bertz CT molecular complexity index is 385. The average Bonchev–Trinajstić information content (AvgIpc) is 2.14. The minimum absolute atomic E-state index is 0.806. The Morgan fingerprint density at radius 2 is 2.00 bits per heavy atom. The van der Waals surface area contributed by atoms with Crippen LogP contribution in [0.25, 0.3) is 0 Å². The number of rotatable bonds is 1. The molecule has 1 aromatic carbocycles.